The van der Waals surface area contributed by atoms with Gasteiger partial charge < -0.3 is 9.47 Å². The van der Waals surface area contributed by atoms with Crippen molar-refractivity contribution in [3.63, 3.8) is 0 Å². The zero-order valence-corrected chi connectivity index (χ0v) is 8.31. The molecule has 2 aliphatic rings. The summed E-state index contributed by atoms with van der Waals surface area (Å²) in [5, 5.41) is 0. The van der Waals surface area contributed by atoms with Gasteiger partial charge in [-0.3, -0.25) is 4.79 Å². The molecule has 78 valence electrons. The second-order valence-corrected chi connectivity index (χ2v) is 4.15. The molecule has 3 rings (SSSR count). The second kappa shape index (κ2) is 3.07. The van der Waals surface area contributed by atoms with Gasteiger partial charge in [0.05, 0.1) is 19.6 Å². The summed E-state index contributed by atoms with van der Waals surface area (Å²) in [4.78, 5) is 11.4. The molecule has 2 heterocycles. The molecule has 3 nitrogen and oxygen atoms in total. The van der Waals surface area contributed by atoms with Gasteiger partial charge in [-0.15, -0.1) is 0 Å². The molecular weight excluding hydrogens is 192 g/mol. The third-order valence-corrected chi connectivity index (χ3v) is 3.27. The minimum Gasteiger partial charge on any atom is -0.451 e. The molecule has 0 unspecified atom stereocenters. The van der Waals surface area contributed by atoms with Crippen LogP contribution < -0.4 is 0 Å². The molecule has 0 aliphatic carbocycles. The number of ether oxygens (including phenoxy) is 2. The van der Waals surface area contributed by atoms with Crippen LogP contribution in [0.2, 0.25) is 0 Å². The number of rotatable bonds is 1. The maximum atomic E-state index is 11.4. The number of esters is 1. The van der Waals surface area contributed by atoms with E-state index in [1.54, 1.807) is 0 Å². The first-order valence-electron chi connectivity index (χ1n) is 5.16. The van der Waals surface area contributed by atoms with Crippen LogP contribution in [0.5, 0.6) is 0 Å². The maximum absolute atomic E-state index is 11.4. The zero-order valence-electron chi connectivity index (χ0n) is 8.31. The van der Waals surface area contributed by atoms with Gasteiger partial charge in [-0.25, -0.2) is 0 Å². The van der Waals surface area contributed by atoms with E-state index in [2.05, 4.69) is 0 Å². The lowest BCUT2D eigenvalue weighted by atomic mass is 9.84. The van der Waals surface area contributed by atoms with Crippen LogP contribution in [-0.4, -0.2) is 19.2 Å². The van der Waals surface area contributed by atoms with Crippen LogP contribution in [0, 0.1) is 5.92 Å². The second-order valence-electron chi connectivity index (χ2n) is 4.15. The molecule has 0 saturated carbocycles. The van der Waals surface area contributed by atoms with Crippen LogP contribution in [0.1, 0.15) is 12.0 Å². The van der Waals surface area contributed by atoms with Crippen molar-refractivity contribution in [1.82, 2.24) is 0 Å². The Hall–Kier alpha value is -1.35. The average Bonchev–Trinajstić information content (AvgIpc) is 2.75. The first-order valence-corrected chi connectivity index (χ1v) is 5.16. The summed E-state index contributed by atoms with van der Waals surface area (Å²) in [6.07, 6.45) is 0.481. The lowest BCUT2D eigenvalue weighted by Crippen LogP contribution is -2.31. The maximum Gasteiger partial charge on any atom is 0.307 e. The summed E-state index contributed by atoms with van der Waals surface area (Å²) < 4.78 is 10.9. The Balaban J connectivity index is 2.05. The van der Waals surface area contributed by atoms with Crippen molar-refractivity contribution >= 4 is 5.97 Å². The fraction of sp³-hybridized carbons (Fsp3) is 0.417. The number of hydrogen-bond donors (Lipinski definition) is 0. The van der Waals surface area contributed by atoms with Gasteiger partial charge in [0.15, 0.2) is 5.60 Å². The van der Waals surface area contributed by atoms with Gasteiger partial charge in [-0.2, -0.15) is 0 Å². The fourth-order valence-corrected chi connectivity index (χ4v) is 2.49. The lowest BCUT2D eigenvalue weighted by molar-refractivity contribution is -0.151. The lowest BCUT2D eigenvalue weighted by Gasteiger charge is -2.25. The van der Waals surface area contributed by atoms with Crippen LogP contribution >= 0.6 is 0 Å². The average molecular weight is 204 g/mol. The normalized spacial score (nSPS) is 33.9. The molecule has 1 aromatic rings. The molecule has 2 fully saturated rings. The number of hydrogen-bond acceptors (Lipinski definition) is 3. The topological polar surface area (TPSA) is 35.5 Å². The third-order valence-electron chi connectivity index (χ3n) is 3.27. The van der Waals surface area contributed by atoms with Crippen LogP contribution in [-0.2, 0) is 19.9 Å². The van der Waals surface area contributed by atoms with Crippen molar-refractivity contribution in [1.29, 1.82) is 0 Å². The SMILES string of the molecule is O=C1C[C@H]2COC[C@]2(c2ccccc2)O1. The molecule has 2 aliphatic heterocycles. The van der Waals surface area contributed by atoms with Gasteiger partial charge in [0.2, 0.25) is 0 Å². The number of benzene rings is 1. The highest BCUT2D eigenvalue weighted by atomic mass is 16.6. The first-order chi connectivity index (χ1) is 7.31. The molecule has 0 amide bonds. The molecule has 0 spiro atoms. The molecule has 3 heteroatoms. The van der Waals surface area contributed by atoms with Crippen LogP contribution in [0.15, 0.2) is 30.3 Å². The molecule has 0 N–H and O–H groups in total. The summed E-state index contributed by atoms with van der Waals surface area (Å²) >= 11 is 0. The highest BCUT2D eigenvalue weighted by molar-refractivity contribution is 5.73. The molecule has 0 aromatic heterocycles. The Morgan fingerprint density at radius 2 is 2.07 bits per heavy atom. The van der Waals surface area contributed by atoms with Crippen LogP contribution in [0.25, 0.3) is 0 Å². The summed E-state index contributed by atoms with van der Waals surface area (Å²) in [5.41, 5.74) is 0.552. The van der Waals surface area contributed by atoms with Crippen molar-refractivity contribution in [2.75, 3.05) is 13.2 Å². The highest BCUT2D eigenvalue weighted by Gasteiger charge is 2.54. The Morgan fingerprint density at radius 1 is 1.27 bits per heavy atom. The van der Waals surface area contributed by atoms with E-state index in [-0.39, 0.29) is 11.9 Å². The smallest absolute Gasteiger partial charge is 0.307 e. The van der Waals surface area contributed by atoms with Gasteiger partial charge in [0, 0.05) is 5.92 Å². The summed E-state index contributed by atoms with van der Waals surface area (Å²) in [6.45, 7) is 1.12. The van der Waals surface area contributed by atoms with Crippen molar-refractivity contribution in [3.05, 3.63) is 35.9 Å². The van der Waals surface area contributed by atoms with E-state index in [0.717, 1.165) is 5.56 Å². The Morgan fingerprint density at radius 3 is 2.87 bits per heavy atom. The Kier molecular flexibility index (Phi) is 1.83. The predicted molar refractivity (Wildman–Crippen MR) is 53.1 cm³/mol. The molecule has 0 radical (unpaired) electrons. The largest absolute Gasteiger partial charge is 0.451 e. The van der Waals surface area contributed by atoms with Crippen LogP contribution in [0.4, 0.5) is 0 Å². The molecular formula is C12H12O3. The number of fused-ring (bicyclic) bond motifs is 1. The van der Waals surface area contributed by atoms with Gasteiger partial charge in [-0.05, 0) is 5.56 Å². The minimum atomic E-state index is -0.502. The van der Waals surface area contributed by atoms with E-state index < -0.39 is 5.60 Å². The van der Waals surface area contributed by atoms with Gasteiger partial charge in [-0.1, -0.05) is 30.3 Å². The summed E-state index contributed by atoms with van der Waals surface area (Å²) in [7, 11) is 0. The van der Waals surface area contributed by atoms with Crippen molar-refractivity contribution in [2.24, 2.45) is 5.92 Å². The van der Waals surface area contributed by atoms with Crippen molar-refractivity contribution in [3.8, 4) is 0 Å². The van der Waals surface area contributed by atoms with Gasteiger partial charge in [0.1, 0.15) is 0 Å². The Labute approximate surface area is 88.0 Å². The van der Waals surface area contributed by atoms with E-state index in [1.807, 2.05) is 30.3 Å². The quantitative estimate of drug-likeness (QED) is 0.650. The number of carbonyl (C=O) groups excluding carboxylic acids is 1. The minimum absolute atomic E-state index is 0.104. The summed E-state index contributed by atoms with van der Waals surface area (Å²) in [5.74, 6) is 0.0829. The van der Waals surface area contributed by atoms with Crippen molar-refractivity contribution < 1.29 is 14.3 Å². The molecule has 2 saturated heterocycles. The highest BCUT2D eigenvalue weighted by Crippen LogP contribution is 2.45. The molecule has 0 bridgehead atoms. The predicted octanol–water partition coefficient (Wildman–Crippen LogP) is 1.48. The van der Waals surface area contributed by atoms with E-state index in [0.29, 0.717) is 19.6 Å². The first kappa shape index (κ1) is 8.92. The van der Waals surface area contributed by atoms with Crippen molar-refractivity contribution in [2.45, 2.75) is 12.0 Å². The standard InChI is InChI=1S/C12H12O3/c13-11-6-10-7-14-8-12(10,15-11)9-4-2-1-3-5-9/h1-5,10H,6-8H2/t10-,12+/m0/s1. The van der Waals surface area contributed by atoms with E-state index in [4.69, 9.17) is 9.47 Å². The molecule has 15 heavy (non-hydrogen) atoms. The third kappa shape index (κ3) is 1.20. The van der Waals surface area contributed by atoms with Gasteiger partial charge in [0.25, 0.3) is 0 Å². The molecule has 1 aromatic carbocycles. The van der Waals surface area contributed by atoms with Gasteiger partial charge >= 0.3 is 5.97 Å². The Bertz CT molecular complexity index is 387. The van der Waals surface area contributed by atoms with E-state index in [1.165, 1.54) is 0 Å². The fourth-order valence-electron chi connectivity index (χ4n) is 2.49. The van der Waals surface area contributed by atoms with E-state index in [9.17, 15) is 4.79 Å². The summed E-state index contributed by atoms with van der Waals surface area (Å²) in [6, 6.07) is 9.89. The monoisotopic (exact) mass is 204 g/mol. The molecule has 2 atom stereocenters. The zero-order chi connectivity index (χ0) is 10.3. The number of carbonyl (C=O) groups is 1. The van der Waals surface area contributed by atoms with E-state index >= 15 is 0 Å². The van der Waals surface area contributed by atoms with Crippen LogP contribution in [0.3, 0.4) is 0 Å².